The Labute approximate surface area is 134 Å². The second kappa shape index (κ2) is 9.03. The molecule has 132 valence electrons. The maximum absolute atomic E-state index is 11.2. The summed E-state index contributed by atoms with van der Waals surface area (Å²) in [6.07, 6.45) is -3.36. The van der Waals surface area contributed by atoms with Gasteiger partial charge in [0.05, 0.1) is 0 Å². The van der Waals surface area contributed by atoms with Crippen LogP contribution in [0.2, 0.25) is 0 Å². The fraction of sp³-hybridized carbons (Fsp3) is 0.769. The molecule has 0 aromatic carbocycles. The Kier molecular flexibility index (Phi) is 7.39. The van der Waals surface area contributed by atoms with Gasteiger partial charge in [-0.05, 0) is 6.54 Å². The van der Waals surface area contributed by atoms with Gasteiger partial charge in [-0.1, -0.05) is 6.92 Å². The summed E-state index contributed by atoms with van der Waals surface area (Å²) in [5.74, 6) is 0. The first kappa shape index (κ1) is 18.8. The highest BCUT2D eigenvalue weighted by molar-refractivity contribution is 5.67. The van der Waals surface area contributed by atoms with Crippen LogP contribution in [-0.2, 0) is 0 Å². The third-order valence-corrected chi connectivity index (χ3v) is 3.91. The molecule has 0 radical (unpaired) electrons. The monoisotopic (exact) mass is 332 g/mol. The second-order valence-corrected chi connectivity index (χ2v) is 5.24. The van der Waals surface area contributed by atoms with Crippen molar-refractivity contribution in [2.24, 2.45) is 0 Å². The van der Waals surface area contributed by atoms with Crippen LogP contribution in [0, 0.1) is 0 Å². The Morgan fingerprint density at radius 1 is 0.652 bits per heavy atom. The average Bonchev–Trinajstić information content (AvgIpc) is 2.46. The summed E-state index contributed by atoms with van der Waals surface area (Å²) in [6, 6.07) is 0. The second-order valence-electron chi connectivity index (χ2n) is 5.24. The highest BCUT2D eigenvalue weighted by atomic mass is 16.4. The van der Waals surface area contributed by atoms with Crippen molar-refractivity contribution in [2.75, 3.05) is 58.9 Å². The molecule has 0 atom stereocenters. The minimum Gasteiger partial charge on any atom is -0.465 e. The van der Waals surface area contributed by atoms with E-state index in [1.807, 2.05) is 11.8 Å². The van der Waals surface area contributed by atoms with E-state index in [9.17, 15) is 24.6 Å². The highest BCUT2D eigenvalue weighted by Gasteiger charge is 2.21. The van der Waals surface area contributed by atoms with E-state index in [1.165, 1.54) is 9.80 Å². The molecule has 3 N–H and O–H groups in total. The van der Waals surface area contributed by atoms with E-state index in [0.717, 1.165) is 4.90 Å². The van der Waals surface area contributed by atoms with E-state index >= 15 is 0 Å². The zero-order valence-corrected chi connectivity index (χ0v) is 13.2. The lowest BCUT2D eigenvalue weighted by molar-refractivity contribution is 0.0994. The van der Waals surface area contributed by atoms with Gasteiger partial charge in [-0.15, -0.1) is 0 Å². The zero-order chi connectivity index (χ0) is 17.4. The van der Waals surface area contributed by atoms with Gasteiger partial charge in [0, 0.05) is 52.4 Å². The van der Waals surface area contributed by atoms with Crippen LogP contribution < -0.4 is 0 Å². The normalized spacial score (nSPS) is 18.9. The summed E-state index contributed by atoms with van der Waals surface area (Å²) in [4.78, 5) is 39.1. The molecule has 0 aliphatic carbocycles. The largest absolute Gasteiger partial charge is 0.465 e. The van der Waals surface area contributed by atoms with Crippen LogP contribution in [0.15, 0.2) is 0 Å². The van der Waals surface area contributed by atoms with Gasteiger partial charge in [0.15, 0.2) is 0 Å². The van der Waals surface area contributed by atoms with Crippen LogP contribution >= 0.6 is 0 Å². The molecule has 0 spiro atoms. The molecule has 10 nitrogen and oxygen atoms in total. The van der Waals surface area contributed by atoms with Crippen LogP contribution in [0.5, 0.6) is 0 Å². The molecule has 0 aromatic heterocycles. The lowest BCUT2D eigenvalue weighted by Gasteiger charge is -2.31. The van der Waals surface area contributed by atoms with Gasteiger partial charge >= 0.3 is 18.3 Å². The van der Waals surface area contributed by atoms with E-state index in [0.29, 0.717) is 19.6 Å². The molecule has 0 saturated carbocycles. The smallest absolute Gasteiger partial charge is 0.407 e. The lowest BCUT2D eigenvalue weighted by atomic mass is 10.3. The van der Waals surface area contributed by atoms with Gasteiger partial charge in [0.1, 0.15) is 0 Å². The third kappa shape index (κ3) is 6.19. The molecule has 1 heterocycles. The molecule has 0 unspecified atom stereocenters. The number of nitrogens with zero attached hydrogens (tertiary/aromatic N) is 4. The fourth-order valence-corrected chi connectivity index (χ4v) is 2.34. The Balaban J connectivity index is 2.84. The van der Waals surface area contributed by atoms with Gasteiger partial charge in [-0.3, -0.25) is 0 Å². The maximum Gasteiger partial charge on any atom is 0.407 e. The van der Waals surface area contributed by atoms with Crippen molar-refractivity contribution in [1.82, 2.24) is 19.6 Å². The fourth-order valence-electron chi connectivity index (χ4n) is 2.34. The number of hydrogen-bond donors (Lipinski definition) is 3. The van der Waals surface area contributed by atoms with Crippen LogP contribution in [0.4, 0.5) is 14.4 Å². The van der Waals surface area contributed by atoms with Crippen LogP contribution in [0.1, 0.15) is 6.92 Å². The van der Waals surface area contributed by atoms with Crippen molar-refractivity contribution >= 4 is 18.3 Å². The number of rotatable bonds is 1. The average molecular weight is 332 g/mol. The number of carbonyl (C=O) groups is 3. The van der Waals surface area contributed by atoms with Gasteiger partial charge < -0.3 is 34.9 Å². The summed E-state index contributed by atoms with van der Waals surface area (Å²) in [5.41, 5.74) is 0. The summed E-state index contributed by atoms with van der Waals surface area (Å²) in [6.45, 7) is 4.22. The minimum absolute atomic E-state index is 0.0151. The van der Waals surface area contributed by atoms with Crippen LogP contribution in [0.3, 0.4) is 0 Å². The number of likely N-dealkylation sites (N-methyl/N-ethyl adjacent to an activating group) is 1. The van der Waals surface area contributed by atoms with Gasteiger partial charge in [-0.25, -0.2) is 14.4 Å². The SMILES string of the molecule is CCN1CCN(C(=O)O)CCN(C(=O)O)CCN(C(=O)O)CC1. The van der Waals surface area contributed by atoms with Crippen LogP contribution in [0.25, 0.3) is 0 Å². The van der Waals surface area contributed by atoms with Crippen molar-refractivity contribution in [1.29, 1.82) is 0 Å². The maximum atomic E-state index is 11.2. The van der Waals surface area contributed by atoms with Crippen molar-refractivity contribution in [2.45, 2.75) is 6.92 Å². The predicted octanol–water partition coefficient (Wildman–Crippen LogP) is 0.262. The Morgan fingerprint density at radius 2 is 0.913 bits per heavy atom. The van der Waals surface area contributed by atoms with E-state index in [-0.39, 0.29) is 39.3 Å². The molecule has 23 heavy (non-hydrogen) atoms. The van der Waals surface area contributed by atoms with Crippen molar-refractivity contribution in [3.8, 4) is 0 Å². The number of amides is 3. The minimum atomic E-state index is -1.19. The first-order valence-corrected chi connectivity index (χ1v) is 7.51. The highest BCUT2D eigenvalue weighted by Crippen LogP contribution is 2.01. The van der Waals surface area contributed by atoms with Gasteiger partial charge in [-0.2, -0.15) is 0 Å². The third-order valence-electron chi connectivity index (χ3n) is 3.91. The standard InChI is InChI=1S/C13H24N4O6/c1-2-14-3-5-15(11(18)19)7-9-17(13(22)23)10-8-16(6-4-14)12(20)21/h2-10H2,1H3,(H,18,19)(H,20,21)(H,22,23). The van der Waals surface area contributed by atoms with Crippen LogP contribution in [-0.4, -0.2) is 112 Å². The number of carboxylic acid groups (broad SMARTS) is 3. The molecule has 1 rings (SSSR count). The van der Waals surface area contributed by atoms with E-state index in [1.54, 1.807) is 0 Å². The van der Waals surface area contributed by atoms with E-state index in [4.69, 9.17) is 5.11 Å². The zero-order valence-electron chi connectivity index (χ0n) is 13.2. The Morgan fingerprint density at radius 3 is 1.13 bits per heavy atom. The molecule has 1 saturated heterocycles. The summed E-state index contributed by atoms with van der Waals surface area (Å²) in [7, 11) is 0. The molecular weight excluding hydrogens is 308 g/mol. The summed E-state index contributed by atoms with van der Waals surface area (Å²) in [5, 5.41) is 27.6. The molecule has 10 heteroatoms. The van der Waals surface area contributed by atoms with E-state index in [2.05, 4.69) is 0 Å². The lowest BCUT2D eigenvalue weighted by Crippen LogP contribution is -2.48. The van der Waals surface area contributed by atoms with Crippen molar-refractivity contribution in [3.63, 3.8) is 0 Å². The molecule has 1 aliphatic heterocycles. The first-order chi connectivity index (χ1) is 10.8. The molecule has 3 amide bonds. The van der Waals surface area contributed by atoms with Crippen molar-refractivity contribution < 1.29 is 29.7 Å². The molecular formula is C13H24N4O6. The molecule has 1 aliphatic rings. The van der Waals surface area contributed by atoms with Gasteiger partial charge in [0.25, 0.3) is 0 Å². The topological polar surface area (TPSA) is 125 Å². The molecule has 0 aromatic rings. The number of hydrogen-bond acceptors (Lipinski definition) is 4. The van der Waals surface area contributed by atoms with Crippen molar-refractivity contribution in [3.05, 3.63) is 0 Å². The quantitative estimate of drug-likeness (QED) is 0.629. The van der Waals surface area contributed by atoms with E-state index < -0.39 is 18.3 Å². The Bertz CT molecular complexity index is 403. The predicted molar refractivity (Wildman–Crippen MR) is 80.9 cm³/mol. The molecule has 0 bridgehead atoms. The summed E-state index contributed by atoms with van der Waals surface area (Å²) < 4.78 is 0. The summed E-state index contributed by atoms with van der Waals surface area (Å²) >= 11 is 0. The Hall–Kier alpha value is -2.23. The van der Waals surface area contributed by atoms with Gasteiger partial charge in [0.2, 0.25) is 0 Å². The molecule has 1 fully saturated rings. The first-order valence-electron chi connectivity index (χ1n) is 7.51.